The van der Waals surface area contributed by atoms with Crippen LogP contribution in [0.2, 0.25) is 0 Å². The number of imide groups is 1. The summed E-state index contributed by atoms with van der Waals surface area (Å²) in [6.45, 7) is 3.81. The van der Waals surface area contributed by atoms with E-state index >= 15 is 0 Å². The quantitative estimate of drug-likeness (QED) is 0.347. The third-order valence-corrected chi connectivity index (χ3v) is 4.97. The standard InChI is InChI=1S/C19H18N6O5/c1-12-16(13(2)30-21-12)10-23-9-15(7-20-23)24-18(26)11-22(19(24)27)8-14-5-3-4-6-17(14)25(28)29/h3-7,9H,8,10-11H2,1-2H3. The van der Waals surface area contributed by atoms with Crippen molar-refractivity contribution < 1.29 is 19.0 Å². The van der Waals surface area contributed by atoms with Gasteiger partial charge in [0, 0.05) is 23.4 Å². The molecule has 0 saturated carbocycles. The normalized spacial score (nSPS) is 14.1. The Hall–Kier alpha value is -4.02. The summed E-state index contributed by atoms with van der Waals surface area (Å²) in [6, 6.07) is 5.60. The Balaban J connectivity index is 1.53. The monoisotopic (exact) mass is 410 g/mol. The number of nitrogens with zero attached hydrogens (tertiary/aromatic N) is 6. The average molecular weight is 410 g/mol. The third-order valence-electron chi connectivity index (χ3n) is 4.97. The summed E-state index contributed by atoms with van der Waals surface area (Å²) in [4.78, 5) is 38.4. The second-order valence-corrected chi connectivity index (χ2v) is 6.95. The molecule has 2 aromatic heterocycles. The predicted molar refractivity (Wildman–Crippen MR) is 104 cm³/mol. The minimum absolute atomic E-state index is 0.0363. The maximum absolute atomic E-state index is 12.8. The van der Waals surface area contributed by atoms with Crippen molar-refractivity contribution in [2.75, 3.05) is 11.4 Å². The van der Waals surface area contributed by atoms with Gasteiger partial charge in [0.05, 0.1) is 35.6 Å². The Labute approximate surface area is 170 Å². The number of carbonyl (C=O) groups excluding carboxylic acids is 2. The number of hydrogen-bond donors (Lipinski definition) is 0. The molecule has 1 saturated heterocycles. The van der Waals surface area contributed by atoms with E-state index in [2.05, 4.69) is 10.3 Å². The molecule has 3 aromatic rings. The summed E-state index contributed by atoms with van der Waals surface area (Å²) in [7, 11) is 0. The van der Waals surface area contributed by atoms with E-state index in [1.165, 1.54) is 17.2 Å². The van der Waals surface area contributed by atoms with Crippen molar-refractivity contribution >= 4 is 23.3 Å². The molecule has 3 amide bonds. The number of hydrogen-bond acceptors (Lipinski definition) is 7. The largest absolute Gasteiger partial charge is 0.361 e. The van der Waals surface area contributed by atoms with Crippen molar-refractivity contribution in [3.05, 3.63) is 69.4 Å². The summed E-state index contributed by atoms with van der Waals surface area (Å²) in [5, 5.41) is 19.3. The number of nitro groups is 1. The number of benzene rings is 1. The van der Waals surface area contributed by atoms with Crippen LogP contribution in [0.5, 0.6) is 0 Å². The zero-order valence-electron chi connectivity index (χ0n) is 16.3. The number of nitro benzene ring substituents is 1. The smallest absolute Gasteiger partial charge is 0.332 e. The molecule has 154 valence electrons. The molecule has 11 heteroatoms. The van der Waals surface area contributed by atoms with Gasteiger partial charge in [-0.3, -0.25) is 19.6 Å². The molecule has 1 aromatic carbocycles. The molecule has 1 fully saturated rings. The highest BCUT2D eigenvalue weighted by Crippen LogP contribution is 2.26. The first kappa shape index (κ1) is 19.3. The highest BCUT2D eigenvalue weighted by molar-refractivity contribution is 6.19. The van der Waals surface area contributed by atoms with Gasteiger partial charge in [0.25, 0.3) is 11.6 Å². The Morgan fingerprint density at radius 1 is 1.20 bits per heavy atom. The van der Waals surface area contributed by atoms with Crippen LogP contribution in [0, 0.1) is 24.0 Å². The van der Waals surface area contributed by atoms with Gasteiger partial charge in [-0.2, -0.15) is 5.10 Å². The summed E-state index contributed by atoms with van der Waals surface area (Å²) in [5.41, 5.74) is 2.22. The Morgan fingerprint density at radius 3 is 2.67 bits per heavy atom. The van der Waals surface area contributed by atoms with Crippen LogP contribution in [0.25, 0.3) is 0 Å². The van der Waals surface area contributed by atoms with Crippen molar-refractivity contribution in [1.29, 1.82) is 0 Å². The number of aromatic nitrogens is 3. The number of aryl methyl sites for hydroxylation is 2. The molecule has 0 bridgehead atoms. The lowest BCUT2D eigenvalue weighted by Gasteiger charge is -2.16. The molecule has 0 spiro atoms. The minimum atomic E-state index is -0.546. The third kappa shape index (κ3) is 3.41. The van der Waals surface area contributed by atoms with E-state index in [4.69, 9.17) is 4.52 Å². The maximum Gasteiger partial charge on any atom is 0.332 e. The van der Waals surface area contributed by atoms with Gasteiger partial charge in [-0.05, 0) is 13.8 Å². The SMILES string of the molecule is Cc1noc(C)c1Cn1cc(N2C(=O)CN(Cc3ccccc3[N+](=O)[O-])C2=O)cn1. The van der Waals surface area contributed by atoms with Crippen molar-refractivity contribution in [2.45, 2.75) is 26.9 Å². The fraction of sp³-hybridized carbons (Fsp3) is 0.263. The van der Waals surface area contributed by atoms with Gasteiger partial charge in [0.15, 0.2) is 0 Å². The van der Waals surface area contributed by atoms with E-state index in [0.29, 0.717) is 23.6 Å². The van der Waals surface area contributed by atoms with Crippen LogP contribution in [0.4, 0.5) is 16.2 Å². The zero-order valence-corrected chi connectivity index (χ0v) is 16.3. The second-order valence-electron chi connectivity index (χ2n) is 6.95. The van der Waals surface area contributed by atoms with E-state index in [-0.39, 0.29) is 18.8 Å². The van der Waals surface area contributed by atoms with Gasteiger partial charge >= 0.3 is 6.03 Å². The lowest BCUT2D eigenvalue weighted by molar-refractivity contribution is -0.385. The topological polar surface area (TPSA) is 128 Å². The first-order valence-corrected chi connectivity index (χ1v) is 9.13. The molecule has 4 rings (SSSR count). The minimum Gasteiger partial charge on any atom is -0.361 e. The average Bonchev–Trinajstić information content (AvgIpc) is 3.37. The molecule has 30 heavy (non-hydrogen) atoms. The molecule has 0 radical (unpaired) electrons. The van der Waals surface area contributed by atoms with Gasteiger partial charge in [0.1, 0.15) is 12.3 Å². The van der Waals surface area contributed by atoms with Crippen molar-refractivity contribution in [1.82, 2.24) is 19.8 Å². The first-order chi connectivity index (χ1) is 14.3. The second kappa shape index (κ2) is 7.43. The molecule has 0 aliphatic carbocycles. The van der Waals surface area contributed by atoms with E-state index in [9.17, 15) is 19.7 Å². The number of urea groups is 1. The molecule has 0 unspecified atom stereocenters. The highest BCUT2D eigenvalue weighted by atomic mass is 16.6. The van der Waals surface area contributed by atoms with E-state index in [0.717, 1.165) is 16.2 Å². The Morgan fingerprint density at radius 2 is 1.97 bits per heavy atom. The van der Waals surface area contributed by atoms with Crippen molar-refractivity contribution in [3.63, 3.8) is 0 Å². The number of rotatable bonds is 6. The van der Waals surface area contributed by atoms with Gasteiger partial charge in [-0.25, -0.2) is 9.69 Å². The molecule has 0 N–H and O–H groups in total. The van der Waals surface area contributed by atoms with Crippen LogP contribution in [0.1, 0.15) is 22.6 Å². The number of para-hydroxylation sites is 1. The van der Waals surface area contributed by atoms with Crippen LogP contribution < -0.4 is 4.90 Å². The van der Waals surface area contributed by atoms with Crippen LogP contribution in [-0.2, 0) is 17.9 Å². The summed E-state index contributed by atoms with van der Waals surface area (Å²) in [6.07, 6.45) is 3.03. The van der Waals surface area contributed by atoms with Crippen LogP contribution in [0.15, 0.2) is 41.2 Å². The molecule has 1 aliphatic rings. The van der Waals surface area contributed by atoms with Gasteiger partial charge < -0.3 is 9.42 Å². The fourth-order valence-electron chi connectivity index (χ4n) is 3.40. The summed E-state index contributed by atoms with van der Waals surface area (Å²) in [5.74, 6) is 0.254. The maximum atomic E-state index is 12.8. The molecule has 0 atom stereocenters. The Bertz CT molecular complexity index is 1130. The van der Waals surface area contributed by atoms with Gasteiger partial charge in [-0.1, -0.05) is 23.4 Å². The number of amides is 3. The van der Waals surface area contributed by atoms with E-state index in [1.807, 2.05) is 6.92 Å². The molecule has 11 nitrogen and oxygen atoms in total. The van der Waals surface area contributed by atoms with Crippen LogP contribution >= 0.6 is 0 Å². The lowest BCUT2D eigenvalue weighted by atomic mass is 10.1. The zero-order chi connectivity index (χ0) is 21.4. The number of carbonyl (C=O) groups is 2. The van der Waals surface area contributed by atoms with Crippen LogP contribution in [-0.4, -0.2) is 43.2 Å². The summed E-state index contributed by atoms with van der Waals surface area (Å²) < 4.78 is 6.73. The van der Waals surface area contributed by atoms with Crippen molar-refractivity contribution in [3.8, 4) is 0 Å². The molecule has 1 aliphatic heterocycles. The first-order valence-electron chi connectivity index (χ1n) is 9.13. The predicted octanol–water partition coefficient (Wildman–Crippen LogP) is 2.41. The lowest BCUT2D eigenvalue weighted by Crippen LogP contribution is -2.32. The van der Waals surface area contributed by atoms with Gasteiger partial charge in [-0.15, -0.1) is 0 Å². The van der Waals surface area contributed by atoms with E-state index < -0.39 is 16.9 Å². The molecular formula is C19H18N6O5. The van der Waals surface area contributed by atoms with Crippen molar-refractivity contribution in [2.24, 2.45) is 0 Å². The number of anilines is 1. The van der Waals surface area contributed by atoms with E-state index in [1.54, 1.807) is 36.0 Å². The Kier molecular flexibility index (Phi) is 4.78. The molecular weight excluding hydrogens is 392 g/mol. The van der Waals surface area contributed by atoms with Crippen LogP contribution in [0.3, 0.4) is 0 Å². The fourth-order valence-corrected chi connectivity index (χ4v) is 3.40. The summed E-state index contributed by atoms with van der Waals surface area (Å²) >= 11 is 0. The highest BCUT2D eigenvalue weighted by Gasteiger charge is 2.38. The van der Waals surface area contributed by atoms with Gasteiger partial charge in [0.2, 0.25) is 0 Å². The molecule has 3 heterocycles.